The smallest absolute Gasteiger partial charge is 0.309 e. The van der Waals surface area contributed by atoms with Crippen molar-refractivity contribution in [2.24, 2.45) is 0 Å². The molecule has 0 aliphatic rings. The second-order valence-corrected chi connectivity index (χ2v) is 14.7. The Kier molecular flexibility index (Phi) is 8.20. The molecular weight excluding hydrogens is 752 g/mol. The number of fused-ring (bicyclic) bond motifs is 6. The highest BCUT2D eigenvalue weighted by molar-refractivity contribution is 6.11. The van der Waals surface area contributed by atoms with Crippen LogP contribution in [-0.2, 0) is 6.18 Å². The number of benzene rings is 8. The average Bonchev–Trinajstić information content (AvgIpc) is 3.82. The summed E-state index contributed by atoms with van der Waals surface area (Å²) in [5.74, 6) is 1.37. The minimum absolute atomic E-state index is 0.0483. The van der Waals surface area contributed by atoms with Gasteiger partial charge < -0.3 is 9.13 Å². The second-order valence-electron chi connectivity index (χ2n) is 14.7. The number of rotatable bonds is 6. The van der Waals surface area contributed by atoms with Crippen LogP contribution in [0.4, 0.5) is 13.2 Å². The fourth-order valence-electron chi connectivity index (χ4n) is 8.63. The molecule has 5 nitrogen and oxygen atoms in total. The van der Waals surface area contributed by atoms with Crippen LogP contribution in [0.15, 0.2) is 194 Å². The van der Waals surface area contributed by atoms with Gasteiger partial charge in [0.1, 0.15) is 0 Å². The number of aromatic nitrogens is 5. The number of alkyl halides is 3. The van der Waals surface area contributed by atoms with Gasteiger partial charge in [-0.1, -0.05) is 158 Å². The molecule has 0 atom stereocenters. The maximum absolute atomic E-state index is 16.1. The van der Waals surface area contributed by atoms with Crippen LogP contribution in [-0.4, -0.2) is 24.1 Å². The molecule has 11 aromatic rings. The normalized spacial score (nSPS) is 11.9. The highest BCUT2D eigenvalue weighted by Crippen LogP contribution is 2.46. The Labute approximate surface area is 342 Å². The van der Waals surface area contributed by atoms with Crippen LogP contribution in [0.25, 0.3) is 100 Å². The molecule has 0 fully saturated rings. The van der Waals surface area contributed by atoms with Crippen LogP contribution in [0, 0.1) is 0 Å². The number of para-hydroxylation sites is 4. The summed E-state index contributed by atoms with van der Waals surface area (Å²) in [6, 6.07) is 61.0. The van der Waals surface area contributed by atoms with Crippen molar-refractivity contribution < 1.29 is 13.2 Å². The first-order valence-corrected chi connectivity index (χ1v) is 19.6. The molecular formula is C52H32F3N5. The first-order chi connectivity index (χ1) is 29.4. The van der Waals surface area contributed by atoms with E-state index in [2.05, 4.69) is 4.57 Å². The van der Waals surface area contributed by atoms with Crippen LogP contribution < -0.4 is 0 Å². The molecule has 0 unspecified atom stereocenters. The van der Waals surface area contributed by atoms with Gasteiger partial charge in [-0.3, -0.25) is 0 Å². The van der Waals surface area contributed by atoms with Gasteiger partial charge >= 0.3 is 6.18 Å². The minimum atomic E-state index is -4.74. The van der Waals surface area contributed by atoms with Crippen molar-refractivity contribution in [3.8, 4) is 56.7 Å². The SMILES string of the molecule is FC(F)(F)c1c(-c2ccc(-c3nc(-c4ccccc4)nc(-c4ccccc4)n3)cc2-n2c3ccccc3c3ccccc32)cccc1-n1c2ccccc2c2ccccc21. The number of hydrogen-bond donors (Lipinski definition) is 0. The van der Waals surface area contributed by atoms with E-state index in [4.69, 9.17) is 15.0 Å². The largest absolute Gasteiger partial charge is 0.419 e. The molecule has 0 aliphatic heterocycles. The van der Waals surface area contributed by atoms with Gasteiger partial charge in [0.15, 0.2) is 17.5 Å². The first kappa shape index (κ1) is 35.3. The van der Waals surface area contributed by atoms with Crippen molar-refractivity contribution in [1.29, 1.82) is 0 Å². The lowest BCUT2D eigenvalue weighted by molar-refractivity contribution is -0.136. The van der Waals surface area contributed by atoms with Gasteiger partial charge in [-0.05, 0) is 42.0 Å². The maximum Gasteiger partial charge on any atom is 0.419 e. The third-order valence-electron chi connectivity index (χ3n) is 11.2. The molecule has 0 N–H and O–H groups in total. The number of halogens is 3. The van der Waals surface area contributed by atoms with Crippen molar-refractivity contribution in [1.82, 2.24) is 24.1 Å². The van der Waals surface area contributed by atoms with E-state index in [9.17, 15) is 0 Å². The lowest BCUT2D eigenvalue weighted by atomic mass is 9.94. The highest BCUT2D eigenvalue weighted by Gasteiger charge is 2.38. The van der Waals surface area contributed by atoms with E-state index in [0.29, 0.717) is 45.3 Å². The fraction of sp³-hybridized carbons (Fsp3) is 0.0192. The van der Waals surface area contributed by atoms with Crippen molar-refractivity contribution in [2.75, 3.05) is 0 Å². The molecule has 0 amide bonds. The molecule has 0 radical (unpaired) electrons. The van der Waals surface area contributed by atoms with Crippen molar-refractivity contribution in [3.63, 3.8) is 0 Å². The number of nitrogens with zero attached hydrogens (tertiary/aromatic N) is 5. The third kappa shape index (κ3) is 5.75. The Morgan fingerprint density at radius 3 is 1.18 bits per heavy atom. The molecule has 3 heterocycles. The fourth-order valence-corrected chi connectivity index (χ4v) is 8.63. The average molecular weight is 784 g/mol. The van der Waals surface area contributed by atoms with Crippen LogP contribution in [0.5, 0.6) is 0 Å². The molecule has 8 heteroatoms. The van der Waals surface area contributed by atoms with Crippen LogP contribution in [0.3, 0.4) is 0 Å². The molecule has 3 aromatic heterocycles. The molecule has 60 heavy (non-hydrogen) atoms. The van der Waals surface area contributed by atoms with Gasteiger partial charge in [0, 0.05) is 43.8 Å². The van der Waals surface area contributed by atoms with Crippen LogP contribution in [0.2, 0.25) is 0 Å². The van der Waals surface area contributed by atoms with Gasteiger partial charge in [0.25, 0.3) is 0 Å². The van der Waals surface area contributed by atoms with Crippen LogP contribution in [0.1, 0.15) is 5.56 Å². The van der Waals surface area contributed by atoms with Gasteiger partial charge in [0.05, 0.1) is 39.0 Å². The third-order valence-corrected chi connectivity index (χ3v) is 11.2. The van der Waals surface area contributed by atoms with E-state index in [1.165, 1.54) is 0 Å². The lowest BCUT2D eigenvalue weighted by Crippen LogP contribution is -2.13. The van der Waals surface area contributed by atoms with Gasteiger partial charge in [-0.15, -0.1) is 0 Å². The zero-order chi connectivity index (χ0) is 40.4. The molecule has 0 saturated carbocycles. The molecule has 0 aliphatic carbocycles. The Balaban J connectivity index is 1.23. The molecule has 8 aromatic carbocycles. The van der Waals surface area contributed by atoms with E-state index in [-0.39, 0.29) is 11.3 Å². The summed E-state index contributed by atoms with van der Waals surface area (Å²) in [7, 11) is 0. The van der Waals surface area contributed by atoms with Crippen molar-refractivity contribution in [2.45, 2.75) is 6.18 Å². The zero-order valence-corrected chi connectivity index (χ0v) is 31.8. The highest BCUT2D eigenvalue weighted by atomic mass is 19.4. The standard InChI is InChI=1S/C52H32F3N5/c53-52(54,55)48-41(24-15-29-46(48)59-42-25-11-7-20-36(42)37-21-8-12-26-43(37)59)40-31-30-35(32-47(40)60-44-27-13-9-22-38(44)39-23-10-14-28-45(39)60)51-57-49(33-16-3-1-4-17-33)56-50(58-51)34-18-5-2-6-19-34/h1-32H. The van der Waals surface area contributed by atoms with Crippen LogP contribution >= 0.6 is 0 Å². The second kappa shape index (κ2) is 13.9. The zero-order valence-electron chi connectivity index (χ0n) is 31.8. The summed E-state index contributed by atoms with van der Waals surface area (Å²) in [5, 5.41) is 3.72. The molecule has 11 rings (SSSR count). The van der Waals surface area contributed by atoms with E-state index in [1.807, 2.05) is 170 Å². The topological polar surface area (TPSA) is 48.5 Å². The van der Waals surface area contributed by atoms with E-state index in [1.54, 1.807) is 28.8 Å². The van der Waals surface area contributed by atoms with Gasteiger partial charge in [-0.25, -0.2) is 15.0 Å². The summed E-state index contributed by atoms with van der Waals surface area (Å²) in [5.41, 5.74) is 5.67. The monoisotopic (exact) mass is 783 g/mol. The Morgan fingerprint density at radius 2 is 0.733 bits per heavy atom. The number of hydrogen-bond acceptors (Lipinski definition) is 3. The maximum atomic E-state index is 16.1. The summed E-state index contributed by atoms with van der Waals surface area (Å²) in [6.07, 6.45) is -4.74. The minimum Gasteiger partial charge on any atom is -0.309 e. The van der Waals surface area contributed by atoms with Crippen molar-refractivity contribution >= 4 is 43.6 Å². The summed E-state index contributed by atoms with van der Waals surface area (Å²) in [4.78, 5) is 14.9. The van der Waals surface area contributed by atoms with E-state index in [0.717, 1.165) is 43.7 Å². The van der Waals surface area contributed by atoms with Crippen molar-refractivity contribution in [3.05, 3.63) is 200 Å². The van der Waals surface area contributed by atoms with E-state index < -0.39 is 11.7 Å². The summed E-state index contributed by atoms with van der Waals surface area (Å²) in [6.45, 7) is 0. The predicted octanol–water partition coefficient (Wildman–Crippen LogP) is 13.8. The van der Waals surface area contributed by atoms with Gasteiger partial charge in [0.2, 0.25) is 0 Å². The first-order valence-electron chi connectivity index (χ1n) is 19.6. The summed E-state index contributed by atoms with van der Waals surface area (Å²) < 4.78 is 52.0. The quantitative estimate of drug-likeness (QED) is 0.169. The predicted molar refractivity (Wildman–Crippen MR) is 235 cm³/mol. The Morgan fingerprint density at radius 1 is 0.333 bits per heavy atom. The van der Waals surface area contributed by atoms with Gasteiger partial charge in [-0.2, -0.15) is 13.2 Å². The molecule has 286 valence electrons. The molecule has 0 saturated heterocycles. The molecule has 0 bridgehead atoms. The Bertz CT molecular complexity index is 3260. The molecule has 0 spiro atoms. The van der Waals surface area contributed by atoms with E-state index >= 15 is 13.2 Å². The summed E-state index contributed by atoms with van der Waals surface area (Å²) >= 11 is 0. The Hall–Kier alpha value is -7.84. The lowest BCUT2D eigenvalue weighted by Gasteiger charge is -2.22.